The van der Waals surface area contributed by atoms with Gasteiger partial charge in [0.25, 0.3) is 0 Å². The summed E-state index contributed by atoms with van der Waals surface area (Å²) in [5.41, 5.74) is 0. The van der Waals surface area contributed by atoms with Crippen LogP contribution in [0.15, 0.2) is 17.5 Å². The molecule has 1 rings (SSSR count). The first-order valence-corrected chi connectivity index (χ1v) is 7.07. The topological polar surface area (TPSA) is 32.3 Å². The van der Waals surface area contributed by atoms with E-state index in [9.17, 15) is 0 Å². The maximum absolute atomic E-state index is 8.67. The van der Waals surface area contributed by atoms with E-state index < -0.39 is 0 Å². The van der Waals surface area contributed by atoms with Gasteiger partial charge < -0.3 is 10.4 Å². The molecule has 1 atom stereocenters. The Kier molecular flexibility index (Phi) is 7.47. The van der Waals surface area contributed by atoms with Crippen LogP contribution in [0.1, 0.15) is 37.5 Å². The smallest absolute Gasteiger partial charge is 0.0556 e. The molecule has 2 nitrogen and oxygen atoms in total. The fraction of sp³-hybridized carbons (Fsp3) is 0.692. The number of aliphatic hydroxyl groups excluding tert-OH is 1. The summed E-state index contributed by atoms with van der Waals surface area (Å²) in [4.78, 5) is 1.51. The molecular weight excluding hydrogens is 218 g/mol. The van der Waals surface area contributed by atoms with Crippen molar-refractivity contribution in [2.45, 2.75) is 45.1 Å². The van der Waals surface area contributed by atoms with Crippen molar-refractivity contribution < 1.29 is 5.11 Å². The molecule has 16 heavy (non-hydrogen) atoms. The first-order valence-electron chi connectivity index (χ1n) is 6.19. The first-order chi connectivity index (χ1) is 7.83. The molecule has 0 spiro atoms. The van der Waals surface area contributed by atoms with E-state index in [1.807, 2.05) is 11.3 Å². The number of nitrogens with one attached hydrogen (secondary N) is 1. The minimum Gasteiger partial charge on any atom is -0.395 e. The highest BCUT2D eigenvalue weighted by molar-refractivity contribution is 7.09. The average molecular weight is 241 g/mol. The Bertz CT molecular complexity index is 248. The summed E-state index contributed by atoms with van der Waals surface area (Å²) in [6.45, 7) is 3.15. The third kappa shape index (κ3) is 6.26. The van der Waals surface area contributed by atoms with E-state index >= 15 is 0 Å². The standard InChI is InChI=1S/C13H23NOS/c1-12(14-9-10-15)6-3-2-4-7-13-8-5-11-16-13/h5,8,11-12,14-15H,2-4,6-7,9-10H2,1H3. The molecule has 1 aromatic rings. The number of rotatable bonds is 9. The third-order valence-electron chi connectivity index (χ3n) is 2.75. The van der Waals surface area contributed by atoms with Crippen LogP contribution >= 0.6 is 11.3 Å². The van der Waals surface area contributed by atoms with Gasteiger partial charge in [-0.05, 0) is 37.6 Å². The van der Waals surface area contributed by atoms with Crippen molar-refractivity contribution in [3.8, 4) is 0 Å². The van der Waals surface area contributed by atoms with Gasteiger partial charge in [-0.2, -0.15) is 0 Å². The van der Waals surface area contributed by atoms with E-state index in [2.05, 4.69) is 29.8 Å². The second-order valence-corrected chi connectivity index (χ2v) is 5.29. The van der Waals surface area contributed by atoms with Crippen LogP contribution in [0, 0.1) is 0 Å². The molecule has 0 bridgehead atoms. The highest BCUT2D eigenvalue weighted by atomic mass is 32.1. The summed E-state index contributed by atoms with van der Waals surface area (Å²) in [5.74, 6) is 0. The largest absolute Gasteiger partial charge is 0.395 e. The van der Waals surface area contributed by atoms with E-state index in [0.29, 0.717) is 6.04 Å². The Labute approximate surface area is 103 Å². The van der Waals surface area contributed by atoms with Crippen molar-refractivity contribution in [2.24, 2.45) is 0 Å². The number of aliphatic hydroxyl groups is 1. The Morgan fingerprint density at radius 2 is 2.25 bits per heavy atom. The summed E-state index contributed by atoms with van der Waals surface area (Å²) in [7, 11) is 0. The van der Waals surface area contributed by atoms with E-state index in [4.69, 9.17) is 5.11 Å². The molecule has 0 saturated carbocycles. The molecule has 3 heteroatoms. The Morgan fingerprint density at radius 3 is 2.94 bits per heavy atom. The Hall–Kier alpha value is -0.380. The number of thiophene rings is 1. The van der Waals surface area contributed by atoms with Gasteiger partial charge in [-0.3, -0.25) is 0 Å². The Morgan fingerprint density at radius 1 is 1.38 bits per heavy atom. The van der Waals surface area contributed by atoms with Gasteiger partial charge in [0.2, 0.25) is 0 Å². The molecule has 0 aromatic carbocycles. The van der Waals surface area contributed by atoms with Gasteiger partial charge in [0, 0.05) is 17.5 Å². The van der Waals surface area contributed by atoms with Gasteiger partial charge >= 0.3 is 0 Å². The summed E-state index contributed by atoms with van der Waals surface area (Å²) >= 11 is 1.86. The van der Waals surface area contributed by atoms with Crippen molar-refractivity contribution in [3.05, 3.63) is 22.4 Å². The maximum Gasteiger partial charge on any atom is 0.0556 e. The van der Waals surface area contributed by atoms with Gasteiger partial charge in [-0.15, -0.1) is 11.3 Å². The third-order valence-corrected chi connectivity index (χ3v) is 3.68. The van der Waals surface area contributed by atoms with Crippen LogP contribution in [0.5, 0.6) is 0 Å². The zero-order valence-corrected chi connectivity index (χ0v) is 10.9. The first kappa shape index (κ1) is 13.7. The highest BCUT2D eigenvalue weighted by Gasteiger charge is 2.00. The van der Waals surface area contributed by atoms with Crippen LogP contribution < -0.4 is 5.32 Å². The molecule has 2 N–H and O–H groups in total. The molecule has 0 saturated heterocycles. The van der Waals surface area contributed by atoms with Gasteiger partial charge in [0.1, 0.15) is 0 Å². The van der Waals surface area contributed by atoms with Crippen LogP contribution in [-0.2, 0) is 6.42 Å². The number of aryl methyl sites for hydroxylation is 1. The number of hydrogen-bond donors (Lipinski definition) is 2. The van der Waals surface area contributed by atoms with Crippen LogP contribution in [0.25, 0.3) is 0 Å². The molecule has 0 radical (unpaired) electrons. The summed E-state index contributed by atoms with van der Waals surface area (Å²) < 4.78 is 0. The van der Waals surface area contributed by atoms with Crippen molar-refractivity contribution in [1.82, 2.24) is 5.32 Å². The molecule has 1 heterocycles. The lowest BCUT2D eigenvalue weighted by Crippen LogP contribution is -2.28. The quantitative estimate of drug-likeness (QED) is 0.652. The predicted molar refractivity (Wildman–Crippen MR) is 71.0 cm³/mol. The van der Waals surface area contributed by atoms with Crippen LogP contribution in [0.3, 0.4) is 0 Å². The minimum atomic E-state index is 0.239. The SMILES string of the molecule is CC(CCCCCc1cccs1)NCCO. The van der Waals surface area contributed by atoms with Gasteiger partial charge in [-0.1, -0.05) is 18.9 Å². The maximum atomic E-state index is 8.67. The molecule has 0 fully saturated rings. The van der Waals surface area contributed by atoms with Crippen LogP contribution in [0.4, 0.5) is 0 Å². The lowest BCUT2D eigenvalue weighted by Gasteiger charge is -2.12. The molecule has 0 aliphatic heterocycles. The average Bonchev–Trinajstić information content (AvgIpc) is 2.79. The summed E-state index contributed by atoms with van der Waals surface area (Å²) in [6, 6.07) is 4.88. The number of hydrogen-bond acceptors (Lipinski definition) is 3. The van der Waals surface area contributed by atoms with Crippen molar-refractivity contribution >= 4 is 11.3 Å². The lowest BCUT2D eigenvalue weighted by atomic mass is 10.1. The zero-order valence-electron chi connectivity index (χ0n) is 10.1. The van der Waals surface area contributed by atoms with Crippen molar-refractivity contribution in [2.75, 3.05) is 13.2 Å². The van der Waals surface area contributed by atoms with E-state index in [0.717, 1.165) is 6.54 Å². The van der Waals surface area contributed by atoms with Crippen LogP contribution in [0.2, 0.25) is 0 Å². The van der Waals surface area contributed by atoms with E-state index in [1.165, 1.54) is 37.0 Å². The normalized spacial score (nSPS) is 12.9. The molecule has 92 valence electrons. The molecule has 0 aliphatic carbocycles. The molecule has 0 amide bonds. The highest BCUT2D eigenvalue weighted by Crippen LogP contribution is 2.13. The second kappa shape index (κ2) is 8.74. The lowest BCUT2D eigenvalue weighted by molar-refractivity contribution is 0.283. The molecular formula is C13H23NOS. The van der Waals surface area contributed by atoms with Gasteiger partial charge in [-0.25, -0.2) is 0 Å². The second-order valence-electron chi connectivity index (χ2n) is 4.26. The fourth-order valence-electron chi connectivity index (χ4n) is 1.79. The van der Waals surface area contributed by atoms with Crippen molar-refractivity contribution in [1.29, 1.82) is 0 Å². The van der Waals surface area contributed by atoms with Gasteiger partial charge in [0.05, 0.1) is 6.61 Å². The summed E-state index contributed by atoms with van der Waals surface area (Å²) in [5, 5.41) is 14.1. The number of unbranched alkanes of at least 4 members (excludes halogenated alkanes) is 2. The van der Waals surface area contributed by atoms with Crippen LogP contribution in [-0.4, -0.2) is 24.3 Å². The summed E-state index contributed by atoms with van der Waals surface area (Å²) in [6.07, 6.45) is 6.34. The molecule has 1 unspecified atom stereocenters. The van der Waals surface area contributed by atoms with E-state index in [1.54, 1.807) is 0 Å². The molecule has 1 aromatic heterocycles. The monoisotopic (exact) mass is 241 g/mol. The van der Waals surface area contributed by atoms with Crippen molar-refractivity contribution in [3.63, 3.8) is 0 Å². The fourth-order valence-corrected chi connectivity index (χ4v) is 2.55. The van der Waals surface area contributed by atoms with E-state index in [-0.39, 0.29) is 6.61 Å². The Balaban J connectivity index is 1.91. The zero-order chi connectivity index (χ0) is 11.6. The minimum absolute atomic E-state index is 0.239. The molecule has 0 aliphatic rings. The van der Waals surface area contributed by atoms with Gasteiger partial charge in [0.15, 0.2) is 0 Å². The predicted octanol–water partition coefficient (Wildman–Crippen LogP) is 2.82.